The number of hydrogen-bond acceptors (Lipinski definition) is 7. The molecule has 11 heteroatoms. The summed E-state index contributed by atoms with van der Waals surface area (Å²) in [5.74, 6) is -1.02. The van der Waals surface area contributed by atoms with Crippen LogP contribution in [0.5, 0.6) is 0 Å². The number of rotatable bonds is 7. The first-order valence-corrected chi connectivity index (χ1v) is 8.69. The highest BCUT2D eigenvalue weighted by molar-refractivity contribution is 6.00. The van der Waals surface area contributed by atoms with Crippen LogP contribution in [-0.4, -0.2) is 43.0 Å². The molecule has 0 saturated carbocycles. The van der Waals surface area contributed by atoms with Crippen LogP contribution in [0.3, 0.4) is 0 Å². The van der Waals surface area contributed by atoms with E-state index in [1.165, 1.54) is 22.5 Å². The molecule has 0 bridgehead atoms. The molecule has 0 spiro atoms. The van der Waals surface area contributed by atoms with Gasteiger partial charge < -0.3 is 10.1 Å². The third kappa shape index (κ3) is 4.13. The van der Waals surface area contributed by atoms with Crippen LogP contribution < -0.4 is 5.32 Å². The summed E-state index contributed by atoms with van der Waals surface area (Å²) < 4.78 is 7.64. The molecule has 3 rings (SSSR count). The van der Waals surface area contributed by atoms with E-state index in [9.17, 15) is 19.7 Å². The Morgan fingerprint density at radius 1 is 1.21 bits per heavy atom. The van der Waals surface area contributed by atoms with Crippen LogP contribution in [0.1, 0.15) is 23.0 Å². The number of esters is 1. The van der Waals surface area contributed by atoms with E-state index in [1.807, 2.05) is 6.07 Å². The lowest BCUT2D eigenvalue weighted by atomic mass is 10.3. The average Bonchev–Trinajstić information content (AvgIpc) is 3.27. The third-order valence-electron chi connectivity index (χ3n) is 4.09. The molecule has 29 heavy (non-hydrogen) atoms. The Morgan fingerprint density at radius 3 is 2.55 bits per heavy atom. The molecule has 2 heterocycles. The first-order chi connectivity index (χ1) is 13.9. The summed E-state index contributed by atoms with van der Waals surface area (Å²) in [6.07, 6.45) is 2.39. The molecule has 0 radical (unpaired) electrons. The molecule has 0 unspecified atom stereocenters. The van der Waals surface area contributed by atoms with Crippen molar-refractivity contribution in [1.29, 1.82) is 0 Å². The summed E-state index contributed by atoms with van der Waals surface area (Å²) in [7, 11) is 0. The van der Waals surface area contributed by atoms with Crippen molar-refractivity contribution < 1.29 is 19.2 Å². The number of para-hydroxylation sites is 1. The highest BCUT2D eigenvalue weighted by Gasteiger charge is 2.23. The van der Waals surface area contributed by atoms with Crippen molar-refractivity contribution in [2.45, 2.75) is 20.4 Å². The molecule has 0 saturated heterocycles. The van der Waals surface area contributed by atoms with E-state index in [4.69, 9.17) is 4.74 Å². The maximum absolute atomic E-state index is 12.6. The molecular weight excluding hydrogens is 380 g/mol. The molecule has 11 nitrogen and oxygen atoms in total. The van der Waals surface area contributed by atoms with Crippen LogP contribution >= 0.6 is 0 Å². The van der Waals surface area contributed by atoms with E-state index in [1.54, 1.807) is 31.2 Å². The lowest BCUT2D eigenvalue weighted by molar-refractivity contribution is -0.385. The molecule has 0 aliphatic carbocycles. The molecule has 150 valence electrons. The summed E-state index contributed by atoms with van der Waals surface area (Å²) in [5, 5.41) is 21.6. The van der Waals surface area contributed by atoms with Crippen molar-refractivity contribution in [1.82, 2.24) is 19.6 Å². The number of benzene rings is 1. The topological polar surface area (TPSA) is 134 Å². The molecule has 2 aromatic heterocycles. The van der Waals surface area contributed by atoms with Crippen LogP contribution in [0.25, 0.3) is 5.69 Å². The Kier molecular flexibility index (Phi) is 5.67. The van der Waals surface area contributed by atoms with E-state index in [0.29, 0.717) is 5.69 Å². The quantitative estimate of drug-likeness (QED) is 0.366. The number of nitro groups is 1. The van der Waals surface area contributed by atoms with E-state index < -0.39 is 16.8 Å². The molecule has 1 aromatic carbocycles. The zero-order valence-electron chi connectivity index (χ0n) is 15.7. The Morgan fingerprint density at radius 2 is 1.93 bits per heavy atom. The van der Waals surface area contributed by atoms with Gasteiger partial charge in [-0.1, -0.05) is 18.2 Å². The second kappa shape index (κ2) is 8.33. The number of nitrogens with zero attached hydrogens (tertiary/aromatic N) is 5. The smallest absolute Gasteiger partial charge is 0.343 e. The van der Waals surface area contributed by atoms with Crippen LogP contribution in [0.15, 0.2) is 42.7 Å². The highest BCUT2D eigenvalue weighted by Crippen LogP contribution is 2.22. The lowest BCUT2D eigenvalue weighted by Gasteiger charge is -2.11. The van der Waals surface area contributed by atoms with Crippen molar-refractivity contribution in [2.24, 2.45) is 0 Å². The number of carbonyl (C=O) groups is 2. The average molecular weight is 398 g/mol. The highest BCUT2D eigenvalue weighted by atomic mass is 16.6. The Bertz CT molecular complexity index is 1060. The van der Waals surface area contributed by atoms with Gasteiger partial charge in [0.2, 0.25) is 5.91 Å². The number of hydrogen-bond donors (Lipinski definition) is 1. The van der Waals surface area contributed by atoms with Gasteiger partial charge in [0.25, 0.3) is 0 Å². The van der Waals surface area contributed by atoms with Gasteiger partial charge in [0.05, 0.1) is 23.4 Å². The number of anilines is 1. The Hall–Kier alpha value is -4.02. The van der Waals surface area contributed by atoms with Crippen LogP contribution in [0, 0.1) is 17.0 Å². The lowest BCUT2D eigenvalue weighted by Crippen LogP contribution is -2.23. The minimum atomic E-state index is -0.629. The van der Waals surface area contributed by atoms with Crippen LogP contribution in [0.2, 0.25) is 0 Å². The van der Waals surface area contributed by atoms with Gasteiger partial charge in [0, 0.05) is 0 Å². The van der Waals surface area contributed by atoms with Crippen molar-refractivity contribution in [2.75, 3.05) is 11.9 Å². The minimum Gasteiger partial charge on any atom is -0.462 e. The van der Waals surface area contributed by atoms with Gasteiger partial charge in [0.15, 0.2) is 5.82 Å². The minimum absolute atomic E-state index is 0.0900. The number of carbonyl (C=O) groups excluding carboxylic acids is 2. The number of amides is 1. The number of nitrogens with one attached hydrogen (secondary N) is 1. The Labute approximate surface area is 165 Å². The van der Waals surface area contributed by atoms with Gasteiger partial charge in [0.1, 0.15) is 24.0 Å². The molecule has 0 aliphatic rings. The van der Waals surface area contributed by atoms with Crippen molar-refractivity contribution >= 4 is 23.4 Å². The van der Waals surface area contributed by atoms with E-state index in [2.05, 4.69) is 15.5 Å². The normalized spacial score (nSPS) is 10.6. The van der Waals surface area contributed by atoms with Gasteiger partial charge in [-0.25, -0.2) is 9.48 Å². The zero-order chi connectivity index (χ0) is 21.0. The Balaban J connectivity index is 1.90. The summed E-state index contributed by atoms with van der Waals surface area (Å²) >= 11 is 0. The number of ether oxygens (including phenoxy) is 1. The first-order valence-electron chi connectivity index (χ1n) is 8.69. The second-order valence-corrected chi connectivity index (χ2v) is 5.95. The van der Waals surface area contributed by atoms with Crippen molar-refractivity contribution in [3.63, 3.8) is 0 Å². The molecule has 3 aromatic rings. The third-order valence-corrected chi connectivity index (χ3v) is 4.09. The van der Waals surface area contributed by atoms with Crippen LogP contribution in [0.4, 0.5) is 11.5 Å². The van der Waals surface area contributed by atoms with Crippen LogP contribution in [-0.2, 0) is 16.1 Å². The maximum Gasteiger partial charge on any atom is 0.343 e. The van der Waals surface area contributed by atoms with E-state index >= 15 is 0 Å². The predicted molar refractivity (Wildman–Crippen MR) is 102 cm³/mol. The van der Waals surface area contributed by atoms with Crippen molar-refractivity contribution in [3.05, 3.63) is 64.1 Å². The summed E-state index contributed by atoms with van der Waals surface area (Å²) in [4.78, 5) is 35.2. The summed E-state index contributed by atoms with van der Waals surface area (Å²) in [6, 6.07) is 8.93. The molecule has 0 fully saturated rings. The van der Waals surface area contributed by atoms with Crippen molar-refractivity contribution in [3.8, 4) is 5.69 Å². The fourth-order valence-electron chi connectivity index (χ4n) is 2.67. The monoisotopic (exact) mass is 398 g/mol. The molecule has 1 N–H and O–H groups in total. The molecule has 1 amide bonds. The SMILES string of the molecule is CCOC(=O)c1cnn(-c2ccccc2)c1NC(=O)Cn1ncc([N+](=O)[O-])c1C. The maximum atomic E-state index is 12.6. The van der Waals surface area contributed by atoms with Gasteiger partial charge in [-0.15, -0.1) is 0 Å². The predicted octanol–water partition coefficient (Wildman–Crippen LogP) is 2.10. The van der Waals surface area contributed by atoms with Gasteiger partial charge in [-0.05, 0) is 26.0 Å². The summed E-state index contributed by atoms with van der Waals surface area (Å²) in [5.41, 5.74) is 0.781. The molecule has 0 atom stereocenters. The summed E-state index contributed by atoms with van der Waals surface area (Å²) in [6.45, 7) is 3.06. The van der Waals surface area contributed by atoms with E-state index in [-0.39, 0.29) is 35.9 Å². The second-order valence-electron chi connectivity index (χ2n) is 5.95. The zero-order valence-corrected chi connectivity index (χ0v) is 15.7. The van der Waals surface area contributed by atoms with Gasteiger partial charge >= 0.3 is 11.7 Å². The fourth-order valence-corrected chi connectivity index (χ4v) is 2.67. The van der Waals surface area contributed by atoms with Gasteiger partial charge in [-0.3, -0.25) is 19.6 Å². The van der Waals surface area contributed by atoms with Gasteiger partial charge in [-0.2, -0.15) is 10.2 Å². The molecular formula is C18H18N6O5. The largest absolute Gasteiger partial charge is 0.462 e. The van der Waals surface area contributed by atoms with E-state index in [0.717, 1.165) is 6.20 Å². The number of aromatic nitrogens is 4. The standard InChI is InChI=1S/C18H18N6O5/c1-3-29-18(26)14-9-20-23(13-7-5-4-6-8-13)17(14)21-16(25)11-22-12(2)15(10-19-22)24(27)28/h4-10H,3,11H2,1-2H3,(H,21,25). The molecule has 0 aliphatic heterocycles. The fraction of sp³-hybridized carbons (Fsp3) is 0.222. The first kappa shape index (κ1) is 19.7.